The standard InChI is InChI=1S/C18H18ClF3N4O2/c1-11-4-3-5-15(23-11)25-17(28)10-26(2)9-16(27)24-14-7-6-12(19)8-13(14)18(20,21)22/h3-8H,9-10H2,1-2H3,(H,24,27)(H,23,25,28). The lowest BCUT2D eigenvalue weighted by Crippen LogP contribution is -2.36. The number of halogens is 4. The molecule has 28 heavy (non-hydrogen) atoms. The number of alkyl halides is 3. The van der Waals surface area contributed by atoms with Gasteiger partial charge in [-0.3, -0.25) is 14.5 Å². The zero-order valence-electron chi connectivity index (χ0n) is 15.1. The summed E-state index contributed by atoms with van der Waals surface area (Å²) in [5.74, 6) is -0.730. The maximum absolute atomic E-state index is 13.1. The van der Waals surface area contributed by atoms with Gasteiger partial charge in [0.1, 0.15) is 5.82 Å². The lowest BCUT2D eigenvalue weighted by molar-refractivity contribution is -0.137. The molecule has 6 nitrogen and oxygen atoms in total. The van der Waals surface area contributed by atoms with Crippen molar-refractivity contribution < 1.29 is 22.8 Å². The van der Waals surface area contributed by atoms with E-state index < -0.39 is 29.2 Å². The van der Waals surface area contributed by atoms with Crippen LogP contribution in [-0.2, 0) is 15.8 Å². The Balaban J connectivity index is 1.93. The van der Waals surface area contributed by atoms with Crippen LogP contribution in [0.4, 0.5) is 24.7 Å². The highest BCUT2D eigenvalue weighted by atomic mass is 35.5. The van der Waals surface area contributed by atoms with Gasteiger partial charge in [0.05, 0.1) is 24.3 Å². The number of aryl methyl sites for hydroxylation is 1. The Morgan fingerprint density at radius 3 is 2.36 bits per heavy atom. The van der Waals surface area contributed by atoms with Crippen molar-refractivity contribution in [2.75, 3.05) is 30.8 Å². The molecular weight excluding hydrogens is 397 g/mol. The molecule has 0 saturated carbocycles. The molecule has 1 aromatic carbocycles. The van der Waals surface area contributed by atoms with Gasteiger partial charge < -0.3 is 10.6 Å². The van der Waals surface area contributed by atoms with E-state index in [1.54, 1.807) is 25.1 Å². The predicted molar refractivity (Wildman–Crippen MR) is 100 cm³/mol. The van der Waals surface area contributed by atoms with Gasteiger partial charge >= 0.3 is 6.18 Å². The van der Waals surface area contributed by atoms with Gasteiger partial charge in [0.15, 0.2) is 0 Å². The minimum atomic E-state index is -4.67. The molecule has 1 heterocycles. The number of nitrogens with zero attached hydrogens (tertiary/aromatic N) is 2. The average Bonchev–Trinajstić information content (AvgIpc) is 2.55. The summed E-state index contributed by atoms with van der Waals surface area (Å²) in [6.45, 7) is 1.35. The second-order valence-corrected chi connectivity index (χ2v) is 6.56. The number of hydrogen-bond donors (Lipinski definition) is 2. The molecule has 2 amide bonds. The number of pyridine rings is 1. The second kappa shape index (κ2) is 9.03. The molecule has 0 bridgehead atoms. The van der Waals surface area contributed by atoms with Gasteiger partial charge in [-0.05, 0) is 44.3 Å². The van der Waals surface area contributed by atoms with Crippen molar-refractivity contribution in [3.63, 3.8) is 0 Å². The van der Waals surface area contributed by atoms with Crippen molar-refractivity contribution in [1.29, 1.82) is 0 Å². The molecule has 0 unspecified atom stereocenters. The summed E-state index contributed by atoms with van der Waals surface area (Å²) in [4.78, 5) is 29.6. The molecular formula is C18H18ClF3N4O2. The quantitative estimate of drug-likeness (QED) is 0.757. The maximum Gasteiger partial charge on any atom is 0.418 e. The zero-order valence-corrected chi connectivity index (χ0v) is 15.9. The lowest BCUT2D eigenvalue weighted by Gasteiger charge is -2.18. The monoisotopic (exact) mass is 414 g/mol. The highest BCUT2D eigenvalue weighted by Gasteiger charge is 2.34. The Labute approximate surface area is 164 Å². The summed E-state index contributed by atoms with van der Waals surface area (Å²) >= 11 is 5.61. The first-order valence-corrected chi connectivity index (χ1v) is 8.51. The van der Waals surface area contributed by atoms with Crippen LogP contribution in [0, 0.1) is 6.92 Å². The van der Waals surface area contributed by atoms with E-state index in [1.807, 2.05) is 0 Å². The lowest BCUT2D eigenvalue weighted by atomic mass is 10.1. The smallest absolute Gasteiger partial charge is 0.324 e. The maximum atomic E-state index is 13.1. The van der Waals surface area contributed by atoms with E-state index in [4.69, 9.17) is 11.6 Å². The highest BCUT2D eigenvalue weighted by Crippen LogP contribution is 2.36. The topological polar surface area (TPSA) is 74.3 Å². The third-order valence-corrected chi connectivity index (χ3v) is 3.78. The van der Waals surface area contributed by atoms with Gasteiger partial charge in [0, 0.05) is 10.7 Å². The van der Waals surface area contributed by atoms with Crippen LogP contribution < -0.4 is 10.6 Å². The highest BCUT2D eigenvalue weighted by molar-refractivity contribution is 6.30. The molecule has 2 N–H and O–H groups in total. The summed E-state index contributed by atoms with van der Waals surface area (Å²) < 4.78 is 39.2. The molecule has 1 aromatic heterocycles. The number of aromatic nitrogens is 1. The number of anilines is 2. The van der Waals surface area contributed by atoms with Gasteiger partial charge in [-0.1, -0.05) is 17.7 Å². The van der Waals surface area contributed by atoms with Crippen LogP contribution in [0.1, 0.15) is 11.3 Å². The van der Waals surface area contributed by atoms with Crippen LogP contribution in [-0.4, -0.2) is 41.8 Å². The van der Waals surface area contributed by atoms with Crippen molar-refractivity contribution in [3.05, 3.63) is 52.7 Å². The first-order valence-electron chi connectivity index (χ1n) is 8.13. The Morgan fingerprint density at radius 1 is 1.11 bits per heavy atom. The van der Waals surface area contributed by atoms with E-state index >= 15 is 0 Å². The minimum Gasteiger partial charge on any atom is -0.324 e. The first kappa shape index (κ1) is 21.6. The van der Waals surface area contributed by atoms with E-state index in [0.717, 1.165) is 17.8 Å². The molecule has 0 fully saturated rings. The first-order chi connectivity index (χ1) is 13.0. The van der Waals surface area contributed by atoms with Gasteiger partial charge in [-0.25, -0.2) is 4.98 Å². The number of carbonyl (C=O) groups excluding carboxylic acids is 2. The van der Waals surface area contributed by atoms with Crippen LogP contribution in [0.15, 0.2) is 36.4 Å². The summed E-state index contributed by atoms with van der Waals surface area (Å²) in [6, 6.07) is 8.20. The Hall–Kier alpha value is -2.65. The molecule has 0 aliphatic heterocycles. The number of benzene rings is 1. The molecule has 0 atom stereocenters. The predicted octanol–water partition coefficient (Wildman–Crippen LogP) is 3.57. The van der Waals surface area contributed by atoms with E-state index in [0.29, 0.717) is 5.82 Å². The fourth-order valence-electron chi connectivity index (χ4n) is 2.39. The summed E-state index contributed by atoms with van der Waals surface area (Å²) in [6.07, 6.45) is -4.67. The van der Waals surface area contributed by atoms with Gasteiger partial charge in [-0.2, -0.15) is 13.2 Å². The van der Waals surface area contributed by atoms with E-state index in [-0.39, 0.29) is 18.1 Å². The third kappa shape index (κ3) is 6.50. The van der Waals surface area contributed by atoms with Crippen molar-refractivity contribution in [2.24, 2.45) is 0 Å². The summed E-state index contributed by atoms with van der Waals surface area (Å²) in [7, 11) is 1.50. The minimum absolute atomic E-state index is 0.0936. The largest absolute Gasteiger partial charge is 0.418 e. The van der Waals surface area contributed by atoms with Gasteiger partial charge in [0.25, 0.3) is 0 Å². The van der Waals surface area contributed by atoms with Crippen LogP contribution in [0.25, 0.3) is 0 Å². The third-order valence-electron chi connectivity index (χ3n) is 3.54. The van der Waals surface area contributed by atoms with Crippen molar-refractivity contribution in [1.82, 2.24) is 9.88 Å². The molecule has 0 radical (unpaired) electrons. The SMILES string of the molecule is Cc1cccc(NC(=O)CN(C)CC(=O)Nc2ccc(Cl)cc2C(F)(F)F)n1. The number of amides is 2. The zero-order chi connectivity index (χ0) is 20.9. The number of nitrogens with one attached hydrogen (secondary N) is 2. The number of likely N-dealkylation sites (N-methyl/N-ethyl adjacent to an activating group) is 1. The van der Waals surface area contributed by atoms with E-state index in [2.05, 4.69) is 15.6 Å². The van der Waals surface area contributed by atoms with E-state index in [9.17, 15) is 22.8 Å². The van der Waals surface area contributed by atoms with Crippen LogP contribution in [0.3, 0.4) is 0 Å². The van der Waals surface area contributed by atoms with Crippen molar-refractivity contribution >= 4 is 34.9 Å². The normalized spacial score (nSPS) is 11.4. The number of hydrogen-bond acceptors (Lipinski definition) is 4. The number of rotatable bonds is 6. The fraction of sp³-hybridized carbons (Fsp3) is 0.278. The molecule has 0 saturated heterocycles. The van der Waals surface area contributed by atoms with Crippen LogP contribution >= 0.6 is 11.6 Å². The Bertz CT molecular complexity index is 874. The van der Waals surface area contributed by atoms with Crippen molar-refractivity contribution in [3.8, 4) is 0 Å². The second-order valence-electron chi connectivity index (χ2n) is 6.12. The molecule has 150 valence electrons. The molecule has 0 aliphatic carbocycles. The van der Waals surface area contributed by atoms with E-state index in [1.165, 1.54) is 18.0 Å². The molecule has 2 aromatic rings. The molecule has 2 rings (SSSR count). The van der Waals surface area contributed by atoms with Crippen molar-refractivity contribution in [2.45, 2.75) is 13.1 Å². The summed E-state index contributed by atoms with van der Waals surface area (Å²) in [5, 5.41) is 4.69. The van der Waals surface area contributed by atoms with Crippen LogP contribution in [0.5, 0.6) is 0 Å². The Morgan fingerprint density at radius 2 is 1.75 bits per heavy atom. The van der Waals surface area contributed by atoms with Gasteiger partial charge in [-0.15, -0.1) is 0 Å². The molecule has 0 aliphatic rings. The van der Waals surface area contributed by atoms with Crippen LogP contribution in [0.2, 0.25) is 5.02 Å². The fourth-order valence-corrected chi connectivity index (χ4v) is 2.56. The number of carbonyl (C=O) groups is 2. The molecule has 0 spiro atoms. The average molecular weight is 415 g/mol. The molecule has 10 heteroatoms. The summed E-state index contributed by atoms with van der Waals surface area (Å²) in [5.41, 5.74) is -0.711. The van der Waals surface area contributed by atoms with Gasteiger partial charge in [0.2, 0.25) is 11.8 Å². The Kier molecular flexibility index (Phi) is 6.98.